The summed E-state index contributed by atoms with van der Waals surface area (Å²) < 4.78 is 27.3. The second-order valence-electron chi connectivity index (χ2n) is 6.51. The molecule has 0 spiro atoms. The van der Waals surface area contributed by atoms with E-state index in [-0.39, 0.29) is 10.5 Å². The number of anilines is 1. The molecule has 0 atom stereocenters. The Hall–Kier alpha value is -2.73. The lowest BCUT2D eigenvalue weighted by Crippen LogP contribution is -2.48. The molecule has 0 unspecified atom stereocenters. The minimum Gasteiger partial charge on any atom is -0.322 e. The van der Waals surface area contributed by atoms with Crippen molar-refractivity contribution in [3.63, 3.8) is 0 Å². The van der Waals surface area contributed by atoms with Gasteiger partial charge in [-0.25, -0.2) is 8.42 Å². The number of hydrogen-bond donors (Lipinski definition) is 1. The lowest BCUT2D eigenvalue weighted by Gasteiger charge is -2.33. The molecule has 0 aliphatic carbocycles. The van der Waals surface area contributed by atoms with Gasteiger partial charge in [-0.15, -0.1) is 0 Å². The van der Waals surface area contributed by atoms with Gasteiger partial charge < -0.3 is 10.2 Å². The molecule has 3 rings (SSSR count). The summed E-state index contributed by atoms with van der Waals surface area (Å²) in [6.07, 6.45) is 0. The van der Waals surface area contributed by atoms with Crippen LogP contribution in [-0.2, 0) is 10.0 Å². The van der Waals surface area contributed by atoms with Gasteiger partial charge in [0.15, 0.2) is 0 Å². The van der Waals surface area contributed by atoms with E-state index in [1.165, 1.54) is 16.4 Å². The number of benzene rings is 2. The first-order valence-electron chi connectivity index (χ1n) is 9.08. The van der Waals surface area contributed by atoms with Crippen LogP contribution in [0.5, 0.6) is 0 Å². The summed E-state index contributed by atoms with van der Waals surface area (Å²) in [4.78, 5) is 14.8. The fraction of sp³-hybridized carbons (Fsp3) is 0.300. The summed E-state index contributed by atoms with van der Waals surface area (Å²) >= 11 is 0. The van der Waals surface area contributed by atoms with Crippen molar-refractivity contribution in [3.8, 4) is 6.07 Å². The van der Waals surface area contributed by atoms with Crippen LogP contribution in [0.3, 0.4) is 0 Å². The quantitative estimate of drug-likeness (QED) is 0.833. The van der Waals surface area contributed by atoms with Crippen LogP contribution in [0.25, 0.3) is 0 Å². The standard InChI is InChI=1S/C20H22N4O3S/c1-2-23-10-12-24(13-11-23)28(26,27)19-5-3-4-17(14-19)20(25)22-18-8-6-16(15-21)7-9-18/h3-9,14H,2,10-13H2,1H3,(H,22,25). The van der Waals surface area contributed by atoms with Crippen molar-refractivity contribution in [1.82, 2.24) is 9.21 Å². The smallest absolute Gasteiger partial charge is 0.255 e. The van der Waals surface area contributed by atoms with Crippen molar-refractivity contribution >= 4 is 21.6 Å². The first kappa shape index (κ1) is 20.0. The SMILES string of the molecule is CCN1CCN(S(=O)(=O)c2cccc(C(=O)Nc3ccc(C#N)cc3)c2)CC1. The van der Waals surface area contributed by atoms with E-state index >= 15 is 0 Å². The molecule has 28 heavy (non-hydrogen) atoms. The molecule has 8 heteroatoms. The minimum atomic E-state index is -3.64. The van der Waals surface area contributed by atoms with Crippen molar-refractivity contribution in [2.24, 2.45) is 0 Å². The van der Waals surface area contributed by atoms with Gasteiger partial charge in [-0.2, -0.15) is 9.57 Å². The molecule has 0 radical (unpaired) electrons. The van der Waals surface area contributed by atoms with Gasteiger partial charge in [0.05, 0.1) is 16.5 Å². The molecule has 1 fully saturated rings. The molecule has 0 aromatic heterocycles. The number of rotatable bonds is 5. The van der Waals surface area contributed by atoms with Crippen LogP contribution >= 0.6 is 0 Å². The molecule has 7 nitrogen and oxygen atoms in total. The number of carbonyl (C=O) groups excluding carboxylic acids is 1. The van der Waals surface area contributed by atoms with Gasteiger partial charge in [0, 0.05) is 37.4 Å². The van der Waals surface area contributed by atoms with Crippen molar-refractivity contribution < 1.29 is 13.2 Å². The van der Waals surface area contributed by atoms with Gasteiger partial charge in [-0.1, -0.05) is 13.0 Å². The maximum atomic E-state index is 12.9. The normalized spacial score (nSPS) is 15.7. The Labute approximate surface area is 165 Å². The third-order valence-electron chi connectivity index (χ3n) is 4.78. The molecule has 2 aromatic carbocycles. The van der Waals surface area contributed by atoms with Crippen LogP contribution in [-0.4, -0.2) is 56.3 Å². The number of amides is 1. The third kappa shape index (κ3) is 4.39. The number of nitrogens with zero attached hydrogens (tertiary/aromatic N) is 3. The topological polar surface area (TPSA) is 93.5 Å². The summed E-state index contributed by atoms with van der Waals surface area (Å²) in [6.45, 7) is 5.25. The van der Waals surface area contributed by atoms with E-state index in [0.29, 0.717) is 37.4 Å². The number of likely N-dealkylation sites (N-methyl/N-ethyl adjacent to an activating group) is 1. The van der Waals surface area contributed by atoms with Gasteiger partial charge in [-0.05, 0) is 49.0 Å². The Morgan fingerprint density at radius 2 is 1.79 bits per heavy atom. The van der Waals surface area contributed by atoms with E-state index in [2.05, 4.69) is 17.1 Å². The third-order valence-corrected chi connectivity index (χ3v) is 6.68. The Bertz CT molecular complexity index is 989. The highest BCUT2D eigenvalue weighted by Gasteiger charge is 2.28. The van der Waals surface area contributed by atoms with Gasteiger partial charge in [0.25, 0.3) is 5.91 Å². The molecular formula is C20H22N4O3S. The zero-order chi connectivity index (χ0) is 20.1. The van der Waals surface area contributed by atoms with E-state index in [0.717, 1.165) is 6.54 Å². The van der Waals surface area contributed by atoms with Crippen LogP contribution in [0.1, 0.15) is 22.8 Å². The zero-order valence-electron chi connectivity index (χ0n) is 15.6. The van der Waals surface area contributed by atoms with Crippen LogP contribution in [0.2, 0.25) is 0 Å². The highest BCUT2D eigenvalue weighted by atomic mass is 32.2. The van der Waals surface area contributed by atoms with Gasteiger partial charge >= 0.3 is 0 Å². The van der Waals surface area contributed by atoms with E-state index in [1.807, 2.05) is 6.07 Å². The van der Waals surface area contributed by atoms with E-state index in [9.17, 15) is 13.2 Å². The first-order valence-corrected chi connectivity index (χ1v) is 10.5. The van der Waals surface area contributed by atoms with E-state index in [4.69, 9.17) is 5.26 Å². The summed E-state index contributed by atoms with van der Waals surface area (Å²) in [5.41, 5.74) is 1.29. The monoisotopic (exact) mass is 398 g/mol. The maximum absolute atomic E-state index is 12.9. The van der Waals surface area contributed by atoms with Crippen LogP contribution < -0.4 is 5.32 Å². The van der Waals surface area contributed by atoms with Gasteiger partial charge in [-0.3, -0.25) is 4.79 Å². The lowest BCUT2D eigenvalue weighted by molar-refractivity contribution is 0.102. The minimum absolute atomic E-state index is 0.116. The molecule has 0 bridgehead atoms. The summed E-state index contributed by atoms with van der Waals surface area (Å²) in [7, 11) is -3.64. The van der Waals surface area contributed by atoms with Gasteiger partial charge in [0.2, 0.25) is 10.0 Å². The number of sulfonamides is 1. The number of piperazine rings is 1. The Morgan fingerprint density at radius 1 is 1.11 bits per heavy atom. The Morgan fingerprint density at radius 3 is 2.39 bits per heavy atom. The number of nitrogens with one attached hydrogen (secondary N) is 1. The molecule has 1 saturated heterocycles. The largest absolute Gasteiger partial charge is 0.322 e. The van der Waals surface area contributed by atoms with Crippen molar-refractivity contribution in [3.05, 3.63) is 59.7 Å². The first-order chi connectivity index (χ1) is 13.4. The van der Waals surface area contributed by atoms with E-state index in [1.54, 1.807) is 36.4 Å². The predicted molar refractivity (Wildman–Crippen MR) is 106 cm³/mol. The summed E-state index contributed by atoms with van der Waals surface area (Å²) in [6, 6.07) is 14.5. The van der Waals surface area contributed by atoms with Crippen molar-refractivity contribution in [1.29, 1.82) is 5.26 Å². The lowest BCUT2D eigenvalue weighted by atomic mass is 10.2. The van der Waals surface area contributed by atoms with E-state index < -0.39 is 15.9 Å². The van der Waals surface area contributed by atoms with Crippen molar-refractivity contribution in [2.45, 2.75) is 11.8 Å². The molecular weight excluding hydrogens is 376 g/mol. The molecule has 1 amide bonds. The highest BCUT2D eigenvalue weighted by molar-refractivity contribution is 7.89. The second kappa shape index (κ2) is 8.52. The molecule has 0 saturated carbocycles. The summed E-state index contributed by atoms with van der Waals surface area (Å²) in [5.74, 6) is -0.405. The molecule has 1 N–H and O–H groups in total. The summed E-state index contributed by atoms with van der Waals surface area (Å²) in [5, 5.41) is 11.5. The zero-order valence-corrected chi connectivity index (χ0v) is 16.4. The van der Waals surface area contributed by atoms with Crippen molar-refractivity contribution in [2.75, 3.05) is 38.0 Å². The molecule has 146 valence electrons. The fourth-order valence-corrected chi connectivity index (χ4v) is 4.53. The molecule has 1 aliphatic heterocycles. The average Bonchev–Trinajstić information content (AvgIpc) is 2.74. The van der Waals surface area contributed by atoms with Crippen LogP contribution in [0, 0.1) is 11.3 Å². The molecule has 2 aromatic rings. The number of hydrogen-bond acceptors (Lipinski definition) is 5. The Balaban J connectivity index is 1.75. The maximum Gasteiger partial charge on any atom is 0.255 e. The highest BCUT2D eigenvalue weighted by Crippen LogP contribution is 2.20. The second-order valence-corrected chi connectivity index (χ2v) is 8.45. The number of carbonyl (C=O) groups is 1. The Kier molecular flexibility index (Phi) is 6.09. The average molecular weight is 398 g/mol. The van der Waals surface area contributed by atoms with Gasteiger partial charge in [0.1, 0.15) is 0 Å². The molecule has 1 aliphatic rings. The van der Waals surface area contributed by atoms with Crippen LogP contribution in [0.15, 0.2) is 53.4 Å². The molecule has 1 heterocycles. The van der Waals surface area contributed by atoms with Crippen LogP contribution in [0.4, 0.5) is 5.69 Å². The fourth-order valence-electron chi connectivity index (χ4n) is 3.06. The number of nitriles is 1. The predicted octanol–water partition coefficient (Wildman–Crippen LogP) is 2.14.